The lowest BCUT2D eigenvalue weighted by Crippen LogP contribution is -2.71. The monoisotopic (exact) mass is 398 g/mol. The summed E-state index contributed by atoms with van der Waals surface area (Å²) in [5.41, 5.74) is 10.5. The highest BCUT2D eigenvalue weighted by Crippen LogP contribution is 2.38. The van der Waals surface area contributed by atoms with E-state index in [1.54, 1.807) is 0 Å². The van der Waals surface area contributed by atoms with E-state index in [-0.39, 0.29) is 6.61 Å². The molecule has 0 radical (unpaired) electrons. The molecule has 156 valence electrons. The largest absolute Gasteiger partial charge is 0.462 e. The number of guanidine groups is 1. The van der Waals surface area contributed by atoms with Gasteiger partial charge in [-0.3, -0.25) is 4.79 Å². The summed E-state index contributed by atoms with van der Waals surface area (Å²) in [4.78, 5) is 26.9. The van der Waals surface area contributed by atoms with Crippen LogP contribution in [0, 0.1) is 0 Å². The first-order valence-corrected chi connectivity index (χ1v) is 8.00. The number of esters is 1. The Morgan fingerprint density at radius 3 is 2.44 bits per heavy atom. The molecule has 1 heterocycles. The van der Waals surface area contributed by atoms with Gasteiger partial charge in [-0.2, -0.15) is 4.39 Å². The number of halogens is 2. The molecule has 7 atom stereocenters. The maximum Gasteiger partial charge on any atom is 0.375 e. The Labute approximate surface area is 153 Å². The molecular formula is C14H24F2N4O7. The van der Waals surface area contributed by atoms with E-state index in [1.165, 1.54) is 6.92 Å². The normalized spacial score (nSPS) is 32.9. The van der Waals surface area contributed by atoms with Crippen molar-refractivity contribution in [2.24, 2.45) is 16.5 Å². The van der Waals surface area contributed by atoms with Crippen molar-refractivity contribution in [1.29, 1.82) is 0 Å². The minimum absolute atomic E-state index is 0.310. The van der Waals surface area contributed by atoms with Gasteiger partial charge in [0.15, 0.2) is 12.1 Å². The van der Waals surface area contributed by atoms with Gasteiger partial charge >= 0.3 is 11.8 Å². The maximum atomic E-state index is 15.1. The molecule has 11 nitrogen and oxygen atoms in total. The molecule has 4 unspecified atom stereocenters. The summed E-state index contributed by atoms with van der Waals surface area (Å²) < 4.78 is 39.3. The van der Waals surface area contributed by atoms with E-state index in [1.807, 2.05) is 0 Å². The van der Waals surface area contributed by atoms with Crippen molar-refractivity contribution in [2.45, 2.75) is 56.3 Å². The van der Waals surface area contributed by atoms with Gasteiger partial charge in [0.05, 0.1) is 19.3 Å². The van der Waals surface area contributed by atoms with Crippen LogP contribution in [0.1, 0.15) is 13.8 Å². The number of hydrogen-bond donors (Lipinski definition) is 6. The molecule has 0 spiro atoms. The highest BCUT2D eigenvalue weighted by atomic mass is 19.2. The van der Waals surface area contributed by atoms with Crippen molar-refractivity contribution in [1.82, 2.24) is 5.32 Å². The molecule has 8 N–H and O–H groups in total. The van der Waals surface area contributed by atoms with Crippen LogP contribution in [0.4, 0.5) is 8.78 Å². The van der Waals surface area contributed by atoms with Crippen molar-refractivity contribution >= 4 is 17.8 Å². The van der Waals surface area contributed by atoms with Crippen LogP contribution in [0.15, 0.2) is 4.99 Å². The van der Waals surface area contributed by atoms with E-state index in [4.69, 9.17) is 21.3 Å². The van der Waals surface area contributed by atoms with Crippen molar-refractivity contribution < 1.29 is 43.2 Å². The van der Waals surface area contributed by atoms with Crippen LogP contribution in [0.5, 0.6) is 0 Å². The molecule has 0 aromatic carbocycles. The van der Waals surface area contributed by atoms with Crippen LogP contribution in [0.25, 0.3) is 0 Å². The molecule has 1 rings (SSSR count). The number of nitrogens with two attached hydrogens (primary N) is 2. The van der Waals surface area contributed by atoms with Gasteiger partial charge in [-0.25, -0.2) is 14.2 Å². The van der Waals surface area contributed by atoms with Gasteiger partial charge in [-0.15, -0.1) is 0 Å². The van der Waals surface area contributed by atoms with E-state index < -0.39 is 66.9 Å². The molecule has 1 fully saturated rings. The van der Waals surface area contributed by atoms with Crippen LogP contribution in [-0.2, 0) is 19.1 Å². The van der Waals surface area contributed by atoms with E-state index in [9.17, 15) is 24.2 Å². The molecule has 0 aromatic heterocycles. The van der Waals surface area contributed by atoms with Crippen molar-refractivity contribution in [2.75, 3.05) is 13.2 Å². The summed E-state index contributed by atoms with van der Waals surface area (Å²) in [5, 5.41) is 31.0. The molecular weight excluding hydrogens is 374 g/mol. The smallest absolute Gasteiger partial charge is 0.375 e. The number of rotatable bonds is 7. The Balaban J connectivity index is 3.47. The quantitative estimate of drug-likeness (QED) is 0.146. The summed E-state index contributed by atoms with van der Waals surface area (Å²) in [7, 11) is 0. The van der Waals surface area contributed by atoms with E-state index in [2.05, 4.69) is 15.0 Å². The van der Waals surface area contributed by atoms with Gasteiger partial charge in [0.2, 0.25) is 5.91 Å². The first-order chi connectivity index (χ1) is 12.5. The third kappa shape index (κ3) is 5.00. The number of alkyl halides is 2. The molecule has 27 heavy (non-hydrogen) atoms. The molecule has 1 amide bonds. The Bertz CT molecular complexity index is 578. The number of carbonyl (C=O) groups is 2. The second-order valence-electron chi connectivity index (χ2n) is 5.86. The van der Waals surface area contributed by atoms with Gasteiger partial charge in [-0.1, -0.05) is 0 Å². The Morgan fingerprint density at radius 2 is 2.00 bits per heavy atom. The zero-order valence-electron chi connectivity index (χ0n) is 14.7. The summed E-state index contributed by atoms with van der Waals surface area (Å²) in [6, 6.07) is -3.50. The topological polar surface area (TPSA) is 190 Å². The van der Waals surface area contributed by atoms with Crippen molar-refractivity contribution in [3.8, 4) is 0 Å². The van der Waals surface area contributed by atoms with Crippen molar-refractivity contribution in [3.05, 3.63) is 0 Å². The third-order valence-electron chi connectivity index (χ3n) is 3.82. The fourth-order valence-electron chi connectivity index (χ4n) is 2.65. The Kier molecular flexibility index (Phi) is 7.83. The van der Waals surface area contributed by atoms with Crippen LogP contribution >= 0.6 is 0 Å². The zero-order chi connectivity index (χ0) is 20.9. The third-order valence-corrected chi connectivity index (χ3v) is 3.82. The molecule has 0 aliphatic carbocycles. The van der Waals surface area contributed by atoms with Gasteiger partial charge in [0, 0.05) is 6.92 Å². The average molecular weight is 398 g/mol. The minimum Gasteiger partial charge on any atom is -0.462 e. The number of amides is 1. The molecule has 0 saturated carbocycles. The molecule has 1 aliphatic heterocycles. The highest BCUT2D eigenvalue weighted by Gasteiger charge is 2.63. The summed E-state index contributed by atoms with van der Waals surface area (Å²) in [6.07, 6.45) is -8.65. The number of carbonyl (C=O) groups excluding carboxylic acids is 2. The summed E-state index contributed by atoms with van der Waals surface area (Å²) in [6.45, 7) is 1.09. The number of nitrogens with one attached hydrogen (secondary N) is 1. The second-order valence-corrected chi connectivity index (χ2v) is 5.86. The lowest BCUT2D eigenvalue weighted by atomic mass is 9.86. The molecule has 13 heteroatoms. The van der Waals surface area contributed by atoms with Gasteiger partial charge in [0.1, 0.15) is 24.4 Å². The predicted molar refractivity (Wildman–Crippen MR) is 86.5 cm³/mol. The van der Waals surface area contributed by atoms with Gasteiger partial charge in [-0.05, 0) is 6.92 Å². The summed E-state index contributed by atoms with van der Waals surface area (Å²) >= 11 is 0. The lowest BCUT2D eigenvalue weighted by molar-refractivity contribution is -0.278. The standard InChI is InChI=1S/C14H24F2N4O7/c1-3-26-12(25)14(16)11(15)8(20-13(17)18)7(19-5(2)22)10(27-14)9(24)6(23)4-21/h6-11,21,23-24H,3-4H2,1-2H3,(H,19,22)(H4,17,18,20)/t6-,7?,8?,9-,10?,11?,14-/m1/s1. The van der Waals surface area contributed by atoms with E-state index >= 15 is 4.39 Å². The Morgan fingerprint density at radius 1 is 1.41 bits per heavy atom. The van der Waals surface area contributed by atoms with Crippen molar-refractivity contribution in [3.63, 3.8) is 0 Å². The fourth-order valence-corrected chi connectivity index (χ4v) is 2.65. The van der Waals surface area contributed by atoms with E-state index in [0.29, 0.717) is 0 Å². The SMILES string of the molecule is CCOC(=O)[C@]1(F)OC([C@H](O)[C@H](O)CO)C(NC(C)=O)C(N=C(N)N)C1F. The number of nitrogens with zero attached hydrogens (tertiary/aromatic N) is 1. The Hall–Kier alpha value is -2.09. The molecule has 1 saturated heterocycles. The number of ether oxygens (including phenoxy) is 2. The number of hydrogen-bond acceptors (Lipinski definition) is 8. The lowest BCUT2D eigenvalue weighted by Gasteiger charge is -2.46. The minimum atomic E-state index is -3.74. The van der Waals surface area contributed by atoms with Crippen LogP contribution in [-0.4, -0.2) is 88.8 Å². The van der Waals surface area contributed by atoms with Crippen LogP contribution in [0.2, 0.25) is 0 Å². The van der Waals surface area contributed by atoms with E-state index in [0.717, 1.165) is 6.92 Å². The molecule has 0 aromatic rings. The zero-order valence-corrected chi connectivity index (χ0v) is 14.7. The predicted octanol–water partition coefficient (Wildman–Crippen LogP) is -3.19. The average Bonchev–Trinajstić information content (AvgIpc) is 2.59. The fraction of sp³-hybridized carbons (Fsp3) is 0.786. The molecule has 1 aliphatic rings. The number of aliphatic hydroxyl groups is 3. The van der Waals surface area contributed by atoms with Crippen LogP contribution < -0.4 is 16.8 Å². The summed E-state index contributed by atoms with van der Waals surface area (Å²) in [5.74, 6) is -6.92. The number of aliphatic imine (C=N–C) groups is 1. The maximum absolute atomic E-state index is 15.1. The second kappa shape index (κ2) is 9.21. The number of aliphatic hydroxyl groups excluding tert-OH is 3. The first-order valence-electron chi connectivity index (χ1n) is 8.00. The molecule has 0 bridgehead atoms. The highest BCUT2D eigenvalue weighted by molar-refractivity contribution is 5.80. The first kappa shape index (κ1) is 23.0. The van der Waals surface area contributed by atoms with Gasteiger partial charge in [0.25, 0.3) is 0 Å². The van der Waals surface area contributed by atoms with Gasteiger partial charge < -0.3 is 41.6 Å². The van der Waals surface area contributed by atoms with Crippen LogP contribution in [0.3, 0.4) is 0 Å².